The summed E-state index contributed by atoms with van der Waals surface area (Å²) in [7, 11) is 3.74. The van der Waals surface area contributed by atoms with Crippen molar-refractivity contribution in [3.8, 4) is 6.07 Å². The third kappa shape index (κ3) is 6.03. The SMILES string of the molecule is Cc1cc(NC(=O)NC[C@@H]2CCN(CC(F)(F)F)C2)c(C#N)cc1N(C)C. The van der Waals surface area contributed by atoms with E-state index >= 15 is 0 Å². The first-order valence-electron chi connectivity index (χ1n) is 8.65. The first-order chi connectivity index (χ1) is 12.6. The number of alkyl halides is 3. The fraction of sp³-hybridized carbons (Fsp3) is 0.556. The number of carbonyl (C=O) groups is 1. The van der Waals surface area contributed by atoms with Gasteiger partial charge in [-0.25, -0.2) is 4.79 Å². The van der Waals surface area contributed by atoms with E-state index in [1.54, 1.807) is 12.1 Å². The molecule has 1 aromatic rings. The number of halogens is 3. The molecule has 1 heterocycles. The molecule has 1 saturated heterocycles. The quantitative estimate of drug-likeness (QED) is 0.820. The van der Waals surface area contributed by atoms with Gasteiger partial charge in [0.25, 0.3) is 0 Å². The maximum Gasteiger partial charge on any atom is 0.401 e. The Morgan fingerprint density at radius 1 is 1.41 bits per heavy atom. The van der Waals surface area contributed by atoms with Gasteiger partial charge in [-0.3, -0.25) is 4.90 Å². The van der Waals surface area contributed by atoms with Gasteiger partial charge in [-0.05, 0) is 43.5 Å². The van der Waals surface area contributed by atoms with Crippen LogP contribution in [0.3, 0.4) is 0 Å². The molecule has 0 unspecified atom stereocenters. The molecule has 1 atom stereocenters. The van der Waals surface area contributed by atoms with Gasteiger partial charge in [-0.15, -0.1) is 0 Å². The summed E-state index contributed by atoms with van der Waals surface area (Å²) >= 11 is 0. The van der Waals surface area contributed by atoms with Crippen LogP contribution in [0.4, 0.5) is 29.3 Å². The van der Waals surface area contributed by atoms with E-state index in [0.29, 0.717) is 30.8 Å². The molecule has 2 rings (SSSR count). The lowest BCUT2D eigenvalue weighted by Gasteiger charge is -2.19. The lowest BCUT2D eigenvalue weighted by atomic mass is 10.1. The Kier molecular flexibility index (Phi) is 6.54. The molecule has 1 aliphatic rings. The zero-order valence-corrected chi connectivity index (χ0v) is 15.7. The lowest BCUT2D eigenvalue weighted by Crippen LogP contribution is -2.36. The van der Waals surface area contributed by atoms with E-state index in [9.17, 15) is 23.2 Å². The summed E-state index contributed by atoms with van der Waals surface area (Å²) in [5, 5.41) is 14.7. The number of aryl methyl sites for hydroxylation is 1. The second-order valence-electron chi connectivity index (χ2n) is 7.03. The number of nitriles is 1. The van der Waals surface area contributed by atoms with Gasteiger partial charge in [0.15, 0.2) is 0 Å². The molecule has 9 heteroatoms. The van der Waals surface area contributed by atoms with Crippen LogP contribution in [0.2, 0.25) is 0 Å². The maximum atomic E-state index is 12.4. The van der Waals surface area contributed by atoms with Gasteiger partial charge in [-0.2, -0.15) is 18.4 Å². The van der Waals surface area contributed by atoms with Crippen LogP contribution < -0.4 is 15.5 Å². The van der Waals surface area contributed by atoms with E-state index in [2.05, 4.69) is 16.7 Å². The summed E-state index contributed by atoms with van der Waals surface area (Å²) in [6, 6.07) is 5.03. The summed E-state index contributed by atoms with van der Waals surface area (Å²) in [4.78, 5) is 15.4. The van der Waals surface area contributed by atoms with Crippen LogP contribution >= 0.6 is 0 Å². The minimum atomic E-state index is -4.20. The molecule has 2 N–H and O–H groups in total. The van der Waals surface area contributed by atoms with Crippen LogP contribution in [0.15, 0.2) is 12.1 Å². The second-order valence-corrected chi connectivity index (χ2v) is 7.03. The molecule has 0 radical (unpaired) electrons. The Morgan fingerprint density at radius 3 is 2.70 bits per heavy atom. The fourth-order valence-electron chi connectivity index (χ4n) is 3.25. The Hall–Kier alpha value is -2.47. The normalized spacial score (nSPS) is 17.4. The molecule has 0 bridgehead atoms. The van der Waals surface area contributed by atoms with E-state index in [0.717, 1.165) is 11.3 Å². The number of anilines is 2. The van der Waals surface area contributed by atoms with Crippen molar-refractivity contribution in [2.24, 2.45) is 5.92 Å². The minimum Gasteiger partial charge on any atom is -0.377 e. The number of nitrogens with zero attached hydrogens (tertiary/aromatic N) is 3. The molecule has 1 aliphatic heterocycles. The topological polar surface area (TPSA) is 71.4 Å². The minimum absolute atomic E-state index is 0.0219. The van der Waals surface area contributed by atoms with Gasteiger partial charge in [0.05, 0.1) is 17.8 Å². The monoisotopic (exact) mass is 383 g/mol. The maximum absolute atomic E-state index is 12.4. The molecule has 148 valence electrons. The number of carbonyl (C=O) groups excluding carboxylic acids is 1. The summed E-state index contributed by atoms with van der Waals surface area (Å²) in [5.74, 6) is -0.0219. The first kappa shape index (κ1) is 20.8. The molecule has 6 nitrogen and oxygen atoms in total. The van der Waals surface area contributed by atoms with Gasteiger partial charge in [0, 0.05) is 32.9 Å². The highest BCUT2D eigenvalue weighted by molar-refractivity contribution is 5.91. The molecule has 27 heavy (non-hydrogen) atoms. The first-order valence-corrected chi connectivity index (χ1v) is 8.65. The number of likely N-dealkylation sites (tertiary alicyclic amines) is 1. The predicted octanol–water partition coefficient (Wildman–Crippen LogP) is 2.94. The van der Waals surface area contributed by atoms with Crippen LogP contribution in [-0.2, 0) is 0 Å². The number of nitrogens with one attached hydrogen (secondary N) is 2. The molecule has 2 amide bonds. The van der Waals surface area contributed by atoms with Crippen LogP contribution in [0.25, 0.3) is 0 Å². The molecule has 0 aliphatic carbocycles. The van der Waals surface area contributed by atoms with E-state index in [4.69, 9.17) is 0 Å². The van der Waals surface area contributed by atoms with Crippen molar-refractivity contribution in [1.82, 2.24) is 10.2 Å². The summed E-state index contributed by atoms with van der Waals surface area (Å²) in [6.45, 7) is 1.93. The van der Waals surface area contributed by atoms with E-state index < -0.39 is 18.8 Å². The highest BCUT2D eigenvalue weighted by Gasteiger charge is 2.34. The Labute approximate surface area is 156 Å². The van der Waals surface area contributed by atoms with Crippen molar-refractivity contribution < 1.29 is 18.0 Å². The third-order valence-electron chi connectivity index (χ3n) is 4.51. The Balaban J connectivity index is 1.90. The Bertz CT molecular complexity index is 727. The molecular weight excluding hydrogens is 359 g/mol. The van der Waals surface area contributed by atoms with Crippen LogP contribution in [0, 0.1) is 24.2 Å². The number of hydrogen-bond acceptors (Lipinski definition) is 4. The van der Waals surface area contributed by atoms with Gasteiger partial charge < -0.3 is 15.5 Å². The zero-order valence-electron chi connectivity index (χ0n) is 15.7. The van der Waals surface area contributed by atoms with Crippen LogP contribution in [0.5, 0.6) is 0 Å². The number of rotatable bonds is 5. The fourth-order valence-corrected chi connectivity index (χ4v) is 3.25. The molecular formula is C18H24F3N5O. The Morgan fingerprint density at radius 2 is 2.11 bits per heavy atom. The van der Waals surface area contributed by atoms with Crippen molar-refractivity contribution in [1.29, 1.82) is 5.26 Å². The number of benzene rings is 1. The van der Waals surface area contributed by atoms with E-state index in [1.807, 2.05) is 25.9 Å². The highest BCUT2D eigenvalue weighted by atomic mass is 19.4. The summed E-state index contributed by atoms with van der Waals surface area (Å²) in [6.07, 6.45) is -3.60. The zero-order chi connectivity index (χ0) is 20.2. The van der Waals surface area contributed by atoms with Crippen molar-refractivity contribution in [3.63, 3.8) is 0 Å². The average Bonchev–Trinajstić information content (AvgIpc) is 2.98. The van der Waals surface area contributed by atoms with Gasteiger partial charge in [-0.1, -0.05) is 0 Å². The van der Waals surface area contributed by atoms with Gasteiger partial charge in [0.2, 0.25) is 0 Å². The van der Waals surface area contributed by atoms with Crippen molar-refractivity contribution in [2.75, 3.05) is 50.5 Å². The van der Waals surface area contributed by atoms with Gasteiger partial charge >= 0.3 is 12.2 Å². The third-order valence-corrected chi connectivity index (χ3v) is 4.51. The number of amides is 2. The molecule has 1 aromatic carbocycles. The smallest absolute Gasteiger partial charge is 0.377 e. The van der Waals surface area contributed by atoms with Crippen molar-refractivity contribution in [2.45, 2.75) is 19.5 Å². The summed E-state index contributed by atoms with van der Waals surface area (Å²) < 4.78 is 37.3. The molecule has 0 spiro atoms. The molecule has 0 saturated carbocycles. The second kappa shape index (κ2) is 8.48. The standard InChI is InChI=1S/C18H24F3N5O/c1-12-6-15(14(8-22)7-16(12)25(2)3)24-17(27)23-9-13-4-5-26(10-13)11-18(19,20)21/h6-7,13H,4-5,9-11H2,1-3H3,(H2,23,24,27)/t13-/m0/s1. The van der Waals surface area contributed by atoms with Crippen molar-refractivity contribution in [3.05, 3.63) is 23.3 Å². The summed E-state index contributed by atoms with van der Waals surface area (Å²) in [5.41, 5.74) is 2.54. The van der Waals surface area contributed by atoms with Crippen LogP contribution in [-0.4, -0.2) is 57.4 Å². The van der Waals surface area contributed by atoms with E-state index in [1.165, 1.54) is 4.90 Å². The number of urea groups is 1. The van der Waals surface area contributed by atoms with E-state index in [-0.39, 0.29) is 12.5 Å². The lowest BCUT2D eigenvalue weighted by molar-refractivity contribution is -0.143. The average molecular weight is 383 g/mol. The van der Waals surface area contributed by atoms with Crippen molar-refractivity contribution >= 4 is 17.4 Å². The van der Waals surface area contributed by atoms with Gasteiger partial charge in [0.1, 0.15) is 6.07 Å². The molecule has 0 aromatic heterocycles. The highest BCUT2D eigenvalue weighted by Crippen LogP contribution is 2.26. The predicted molar refractivity (Wildman–Crippen MR) is 97.8 cm³/mol. The number of hydrogen-bond donors (Lipinski definition) is 2. The molecule has 1 fully saturated rings. The largest absolute Gasteiger partial charge is 0.401 e. The van der Waals surface area contributed by atoms with Crippen LogP contribution in [0.1, 0.15) is 17.5 Å².